The molecule has 2 rings (SSSR count). The van der Waals surface area contributed by atoms with Crippen molar-refractivity contribution in [3.63, 3.8) is 0 Å². The van der Waals surface area contributed by atoms with Crippen molar-refractivity contribution in [3.05, 3.63) is 32.8 Å². The van der Waals surface area contributed by atoms with E-state index in [1.54, 1.807) is 18.2 Å². The molecule has 2 heterocycles. The number of hydrogen-bond acceptors (Lipinski definition) is 5. The van der Waals surface area contributed by atoms with Gasteiger partial charge in [0.25, 0.3) is 0 Å². The molecule has 4 nitrogen and oxygen atoms in total. The second kappa shape index (κ2) is 5.19. The van der Waals surface area contributed by atoms with Gasteiger partial charge in [-0.15, -0.1) is 10.2 Å². The third-order valence-electron chi connectivity index (χ3n) is 1.74. The summed E-state index contributed by atoms with van der Waals surface area (Å²) < 4.78 is 42.6. The summed E-state index contributed by atoms with van der Waals surface area (Å²) in [5.74, 6) is 0.299. The largest absolute Gasteiger partial charge is 0.470 e. The molecule has 2 aromatic rings. The van der Waals surface area contributed by atoms with Crippen LogP contribution in [0.25, 0.3) is 0 Å². The molecule has 96 valence electrons. The molecule has 2 aromatic heterocycles. The summed E-state index contributed by atoms with van der Waals surface area (Å²) in [4.78, 5) is 3.97. The molecular weight excluding hydrogens is 335 g/mol. The molecule has 0 N–H and O–H groups in total. The lowest BCUT2D eigenvalue weighted by molar-refractivity contribution is -0.138. The van der Waals surface area contributed by atoms with Gasteiger partial charge in [-0.1, -0.05) is 17.4 Å². The topological polar surface area (TPSA) is 47.9 Å². The van der Waals surface area contributed by atoms with Crippen molar-refractivity contribution in [1.29, 1.82) is 0 Å². The number of rotatable bonds is 3. The number of ether oxygens (including phenoxy) is 1. The number of pyridine rings is 1. The molecule has 0 spiro atoms. The molecule has 0 aliphatic heterocycles. The first-order chi connectivity index (χ1) is 8.45. The van der Waals surface area contributed by atoms with E-state index in [0.29, 0.717) is 21.8 Å². The molecule has 0 bridgehead atoms. The molecule has 0 saturated carbocycles. The molecule has 0 fully saturated rings. The summed E-state index contributed by atoms with van der Waals surface area (Å²) in [5, 5.41) is 5.61. The van der Waals surface area contributed by atoms with Crippen LogP contribution < -0.4 is 4.74 Å². The molecule has 0 aliphatic rings. The van der Waals surface area contributed by atoms with Crippen molar-refractivity contribution in [1.82, 2.24) is 15.2 Å². The molecule has 0 aliphatic carbocycles. The lowest BCUT2D eigenvalue weighted by atomic mass is 10.5. The minimum absolute atomic E-state index is 0.1000. The Hall–Kier alpha value is -1.22. The smallest absolute Gasteiger partial charge is 0.445 e. The number of alkyl halides is 3. The molecular formula is C9H5BrF3N3OS. The van der Waals surface area contributed by atoms with Gasteiger partial charge in [0.05, 0.1) is 0 Å². The SMILES string of the molecule is FC(F)(F)c1nnc(COc2cccc(Br)n2)s1. The summed E-state index contributed by atoms with van der Waals surface area (Å²) in [6.07, 6.45) is -4.47. The first kappa shape index (κ1) is 13.2. The molecule has 0 atom stereocenters. The maximum Gasteiger partial charge on any atom is 0.445 e. The van der Waals surface area contributed by atoms with E-state index in [1.807, 2.05) is 0 Å². The third-order valence-corrected chi connectivity index (χ3v) is 3.13. The van der Waals surface area contributed by atoms with E-state index in [2.05, 4.69) is 31.1 Å². The van der Waals surface area contributed by atoms with Crippen molar-refractivity contribution in [2.24, 2.45) is 0 Å². The van der Waals surface area contributed by atoms with Gasteiger partial charge in [0.2, 0.25) is 10.9 Å². The van der Waals surface area contributed by atoms with E-state index in [1.165, 1.54) is 0 Å². The van der Waals surface area contributed by atoms with Crippen LogP contribution >= 0.6 is 27.3 Å². The van der Waals surface area contributed by atoms with Gasteiger partial charge >= 0.3 is 6.18 Å². The molecule has 0 saturated heterocycles. The van der Waals surface area contributed by atoms with Crippen LogP contribution in [-0.4, -0.2) is 15.2 Å². The Morgan fingerprint density at radius 1 is 1.28 bits per heavy atom. The van der Waals surface area contributed by atoms with Crippen LogP contribution in [0.2, 0.25) is 0 Å². The minimum atomic E-state index is -4.47. The highest BCUT2D eigenvalue weighted by molar-refractivity contribution is 9.10. The molecule has 0 amide bonds. The van der Waals surface area contributed by atoms with Crippen LogP contribution in [0, 0.1) is 0 Å². The summed E-state index contributed by atoms with van der Waals surface area (Å²) in [7, 11) is 0. The van der Waals surface area contributed by atoms with Gasteiger partial charge in [-0.25, -0.2) is 4.98 Å². The van der Waals surface area contributed by atoms with Gasteiger partial charge in [0.1, 0.15) is 11.2 Å². The fraction of sp³-hybridized carbons (Fsp3) is 0.222. The standard InChI is InChI=1S/C9H5BrF3N3OS/c10-5-2-1-3-6(14-5)17-4-7-15-16-8(18-7)9(11,12)13/h1-3H,4H2. The van der Waals surface area contributed by atoms with Crippen molar-refractivity contribution in [2.45, 2.75) is 12.8 Å². The first-order valence-corrected chi connectivity index (χ1v) is 6.21. The Balaban J connectivity index is 2.01. The van der Waals surface area contributed by atoms with Crippen LogP contribution in [0.1, 0.15) is 10.0 Å². The Bertz CT molecular complexity index is 546. The predicted octanol–water partition coefficient (Wildman–Crippen LogP) is 3.29. The minimum Gasteiger partial charge on any atom is -0.470 e. The van der Waals surface area contributed by atoms with E-state index < -0.39 is 11.2 Å². The zero-order valence-corrected chi connectivity index (χ0v) is 11.0. The van der Waals surface area contributed by atoms with E-state index in [4.69, 9.17) is 4.74 Å². The van der Waals surface area contributed by atoms with Crippen LogP contribution in [-0.2, 0) is 12.8 Å². The highest BCUT2D eigenvalue weighted by atomic mass is 79.9. The van der Waals surface area contributed by atoms with Gasteiger partial charge in [-0.3, -0.25) is 0 Å². The summed E-state index contributed by atoms with van der Waals surface area (Å²) in [5.41, 5.74) is 0. The summed E-state index contributed by atoms with van der Waals surface area (Å²) >= 11 is 3.60. The Morgan fingerprint density at radius 2 is 2.06 bits per heavy atom. The van der Waals surface area contributed by atoms with Crippen LogP contribution in [0.4, 0.5) is 13.2 Å². The zero-order chi connectivity index (χ0) is 13.2. The first-order valence-electron chi connectivity index (χ1n) is 4.60. The van der Waals surface area contributed by atoms with E-state index in [9.17, 15) is 13.2 Å². The second-order valence-electron chi connectivity index (χ2n) is 3.09. The lowest BCUT2D eigenvalue weighted by Crippen LogP contribution is -2.03. The molecule has 0 aromatic carbocycles. The highest BCUT2D eigenvalue weighted by Crippen LogP contribution is 2.31. The Morgan fingerprint density at radius 3 is 2.67 bits per heavy atom. The molecule has 0 unspecified atom stereocenters. The maximum atomic E-state index is 12.3. The van der Waals surface area contributed by atoms with E-state index in [-0.39, 0.29) is 11.6 Å². The summed E-state index contributed by atoms with van der Waals surface area (Å²) in [6, 6.07) is 5.00. The number of aromatic nitrogens is 3. The predicted molar refractivity (Wildman–Crippen MR) is 61.2 cm³/mol. The van der Waals surface area contributed by atoms with Crippen molar-refractivity contribution in [3.8, 4) is 5.88 Å². The average Bonchev–Trinajstić information content (AvgIpc) is 2.74. The number of halogens is 4. The highest BCUT2D eigenvalue weighted by Gasteiger charge is 2.35. The number of hydrogen-bond donors (Lipinski definition) is 0. The third kappa shape index (κ3) is 3.39. The number of nitrogens with zero attached hydrogens (tertiary/aromatic N) is 3. The van der Waals surface area contributed by atoms with Crippen LogP contribution in [0.5, 0.6) is 5.88 Å². The zero-order valence-electron chi connectivity index (χ0n) is 8.61. The Kier molecular flexibility index (Phi) is 3.81. The molecule has 0 radical (unpaired) electrons. The van der Waals surface area contributed by atoms with Gasteiger partial charge in [-0.2, -0.15) is 13.2 Å². The normalized spacial score (nSPS) is 11.6. The second-order valence-corrected chi connectivity index (χ2v) is 4.96. The van der Waals surface area contributed by atoms with Crippen LogP contribution in [0.3, 0.4) is 0 Å². The fourth-order valence-electron chi connectivity index (χ4n) is 1.03. The average molecular weight is 340 g/mol. The quantitative estimate of drug-likeness (QED) is 0.805. The van der Waals surface area contributed by atoms with E-state index >= 15 is 0 Å². The van der Waals surface area contributed by atoms with Gasteiger partial charge in [0.15, 0.2) is 5.01 Å². The van der Waals surface area contributed by atoms with E-state index in [0.717, 1.165) is 0 Å². The van der Waals surface area contributed by atoms with Crippen molar-refractivity contribution in [2.75, 3.05) is 0 Å². The Labute approximate surface area is 112 Å². The van der Waals surface area contributed by atoms with Gasteiger partial charge < -0.3 is 4.74 Å². The molecule has 18 heavy (non-hydrogen) atoms. The monoisotopic (exact) mass is 339 g/mol. The fourth-order valence-corrected chi connectivity index (χ4v) is 1.98. The van der Waals surface area contributed by atoms with Crippen molar-refractivity contribution >= 4 is 27.3 Å². The lowest BCUT2D eigenvalue weighted by Gasteiger charge is -2.02. The maximum absolute atomic E-state index is 12.3. The summed E-state index contributed by atoms with van der Waals surface area (Å²) in [6.45, 7) is -0.1000. The molecule has 9 heteroatoms. The van der Waals surface area contributed by atoms with Gasteiger partial charge in [0, 0.05) is 6.07 Å². The van der Waals surface area contributed by atoms with Gasteiger partial charge in [-0.05, 0) is 22.0 Å². The van der Waals surface area contributed by atoms with Crippen molar-refractivity contribution < 1.29 is 17.9 Å². The van der Waals surface area contributed by atoms with Crippen LogP contribution in [0.15, 0.2) is 22.8 Å².